The summed E-state index contributed by atoms with van der Waals surface area (Å²) in [6, 6.07) is 11.0. The minimum atomic E-state index is 0.172. The molecule has 0 fully saturated rings. The molecular weight excluding hydrogens is 216 g/mol. The second kappa shape index (κ2) is 5.56. The normalized spacial score (nSPS) is 27.1. The van der Waals surface area contributed by atoms with E-state index in [1.807, 2.05) is 0 Å². The Bertz CT molecular complexity index is 438. The van der Waals surface area contributed by atoms with E-state index >= 15 is 0 Å². The molecule has 2 unspecified atom stereocenters. The van der Waals surface area contributed by atoms with Crippen molar-refractivity contribution in [3.63, 3.8) is 0 Å². The molecular formula is C18H24. The van der Waals surface area contributed by atoms with E-state index in [4.69, 9.17) is 0 Å². The molecule has 0 heteroatoms. The maximum Gasteiger partial charge on any atom is 0.0196 e. The fourth-order valence-corrected chi connectivity index (χ4v) is 3.03. The Labute approximate surface area is 111 Å². The third-order valence-electron chi connectivity index (χ3n) is 4.49. The van der Waals surface area contributed by atoms with Crippen molar-refractivity contribution in [2.45, 2.75) is 45.4 Å². The van der Waals surface area contributed by atoms with Gasteiger partial charge in [-0.3, -0.25) is 0 Å². The molecule has 0 saturated heterocycles. The molecule has 1 aromatic carbocycles. The first-order valence-electron chi connectivity index (χ1n) is 7.10. The lowest BCUT2D eigenvalue weighted by Gasteiger charge is -2.40. The van der Waals surface area contributed by atoms with Gasteiger partial charge in [0.2, 0.25) is 0 Å². The van der Waals surface area contributed by atoms with E-state index in [0.29, 0.717) is 5.92 Å². The molecule has 2 rings (SSSR count). The van der Waals surface area contributed by atoms with Gasteiger partial charge >= 0.3 is 0 Å². The van der Waals surface area contributed by atoms with Crippen molar-refractivity contribution in [3.8, 4) is 0 Å². The fraction of sp³-hybridized carbons (Fsp3) is 0.444. The van der Waals surface area contributed by atoms with Crippen LogP contribution in [0.15, 0.2) is 54.1 Å². The van der Waals surface area contributed by atoms with Crippen LogP contribution in [0.5, 0.6) is 0 Å². The highest BCUT2D eigenvalue weighted by Crippen LogP contribution is 2.44. The van der Waals surface area contributed by atoms with Gasteiger partial charge in [-0.2, -0.15) is 0 Å². The number of hydrogen-bond donors (Lipinski definition) is 0. The molecule has 0 N–H and O–H groups in total. The molecule has 0 spiro atoms. The van der Waals surface area contributed by atoms with Crippen molar-refractivity contribution in [1.29, 1.82) is 0 Å². The summed E-state index contributed by atoms with van der Waals surface area (Å²) in [5.74, 6) is 0.629. The highest BCUT2D eigenvalue weighted by molar-refractivity contribution is 5.41. The molecule has 18 heavy (non-hydrogen) atoms. The van der Waals surface area contributed by atoms with Gasteiger partial charge in [0.15, 0.2) is 0 Å². The van der Waals surface area contributed by atoms with Crippen LogP contribution in [0, 0.1) is 5.92 Å². The number of hydrogen-bond acceptors (Lipinski definition) is 0. The van der Waals surface area contributed by atoms with Gasteiger partial charge in [0.25, 0.3) is 0 Å². The molecule has 0 amide bonds. The number of allylic oxidation sites excluding steroid dienone is 4. The molecule has 1 aliphatic carbocycles. The second-order valence-corrected chi connectivity index (χ2v) is 5.55. The van der Waals surface area contributed by atoms with Crippen LogP contribution in [0.1, 0.15) is 45.6 Å². The Morgan fingerprint density at radius 1 is 1.17 bits per heavy atom. The molecule has 0 aliphatic heterocycles. The summed E-state index contributed by atoms with van der Waals surface area (Å²) < 4.78 is 0. The van der Waals surface area contributed by atoms with Crippen LogP contribution in [0.4, 0.5) is 0 Å². The molecule has 0 heterocycles. The SMILES string of the molecule is CCCCC1C=CC=C(C)C1(C)c1ccccc1. The number of rotatable bonds is 4. The lowest BCUT2D eigenvalue weighted by atomic mass is 9.64. The zero-order valence-corrected chi connectivity index (χ0v) is 11.8. The average Bonchev–Trinajstić information content (AvgIpc) is 2.41. The summed E-state index contributed by atoms with van der Waals surface area (Å²) in [6.45, 7) is 6.95. The van der Waals surface area contributed by atoms with Gasteiger partial charge in [0, 0.05) is 5.41 Å². The van der Waals surface area contributed by atoms with E-state index in [1.165, 1.54) is 30.4 Å². The predicted molar refractivity (Wildman–Crippen MR) is 79.7 cm³/mol. The lowest BCUT2D eigenvalue weighted by molar-refractivity contribution is 0.369. The Kier molecular flexibility index (Phi) is 4.06. The maximum absolute atomic E-state index is 2.40. The minimum absolute atomic E-state index is 0.172. The van der Waals surface area contributed by atoms with Crippen LogP contribution < -0.4 is 0 Å². The van der Waals surface area contributed by atoms with E-state index in [0.717, 1.165) is 0 Å². The van der Waals surface area contributed by atoms with Crippen molar-refractivity contribution in [2.75, 3.05) is 0 Å². The lowest BCUT2D eigenvalue weighted by Crippen LogP contribution is -2.33. The third kappa shape index (κ3) is 2.29. The summed E-state index contributed by atoms with van der Waals surface area (Å²) in [7, 11) is 0. The molecule has 0 nitrogen and oxygen atoms in total. The average molecular weight is 240 g/mol. The molecule has 0 aromatic heterocycles. The maximum atomic E-state index is 2.40. The summed E-state index contributed by atoms with van der Waals surface area (Å²) in [6.07, 6.45) is 10.8. The van der Waals surface area contributed by atoms with E-state index in [-0.39, 0.29) is 5.41 Å². The first kappa shape index (κ1) is 13.1. The smallest absolute Gasteiger partial charge is 0.0196 e. The van der Waals surface area contributed by atoms with Gasteiger partial charge < -0.3 is 0 Å². The standard InChI is InChI=1S/C18H24/c1-4-5-11-16-14-9-10-15(2)18(16,3)17-12-7-6-8-13-17/h6-10,12-14,16H,4-5,11H2,1-3H3. The Balaban J connectivity index is 2.36. The molecule has 96 valence electrons. The van der Waals surface area contributed by atoms with Crippen LogP contribution in [0.25, 0.3) is 0 Å². The monoisotopic (exact) mass is 240 g/mol. The van der Waals surface area contributed by atoms with Crippen LogP contribution >= 0.6 is 0 Å². The van der Waals surface area contributed by atoms with Gasteiger partial charge in [0.05, 0.1) is 0 Å². The minimum Gasteiger partial charge on any atom is -0.0802 e. The van der Waals surface area contributed by atoms with Crippen LogP contribution in [0.2, 0.25) is 0 Å². The summed E-state index contributed by atoms with van der Waals surface area (Å²) >= 11 is 0. The zero-order chi connectivity index (χ0) is 13.0. The van der Waals surface area contributed by atoms with E-state index < -0.39 is 0 Å². The zero-order valence-electron chi connectivity index (χ0n) is 11.8. The molecule has 0 bridgehead atoms. The predicted octanol–water partition coefficient (Wildman–Crippen LogP) is 5.27. The van der Waals surface area contributed by atoms with Gasteiger partial charge in [-0.25, -0.2) is 0 Å². The molecule has 0 saturated carbocycles. The van der Waals surface area contributed by atoms with Gasteiger partial charge in [-0.1, -0.05) is 80.8 Å². The van der Waals surface area contributed by atoms with Gasteiger partial charge in [-0.05, 0) is 24.8 Å². The quantitative estimate of drug-likeness (QED) is 0.673. The van der Waals surface area contributed by atoms with E-state index in [2.05, 4.69) is 69.3 Å². The van der Waals surface area contributed by atoms with Crippen molar-refractivity contribution in [2.24, 2.45) is 5.92 Å². The van der Waals surface area contributed by atoms with Gasteiger partial charge in [-0.15, -0.1) is 0 Å². The summed E-state index contributed by atoms with van der Waals surface area (Å²) in [5.41, 5.74) is 3.10. The highest BCUT2D eigenvalue weighted by atomic mass is 14.4. The summed E-state index contributed by atoms with van der Waals surface area (Å²) in [4.78, 5) is 0. The Morgan fingerprint density at radius 2 is 1.89 bits per heavy atom. The van der Waals surface area contributed by atoms with Gasteiger partial charge in [0.1, 0.15) is 0 Å². The largest absolute Gasteiger partial charge is 0.0802 e. The van der Waals surface area contributed by atoms with E-state index in [9.17, 15) is 0 Å². The van der Waals surface area contributed by atoms with Crippen LogP contribution in [0.3, 0.4) is 0 Å². The molecule has 2 atom stereocenters. The second-order valence-electron chi connectivity index (χ2n) is 5.55. The van der Waals surface area contributed by atoms with Crippen molar-refractivity contribution < 1.29 is 0 Å². The van der Waals surface area contributed by atoms with Crippen molar-refractivity contribution in [1.82, 2.24) is 0 Å². The van der Waals surface area contributed by atoms with Crippen molar-refractivity contribution in [3.05, 3.63) is 59.7 Å². The van der Waals surface area contributed by atoms with Crippen LogP contribution in [-0.2, 0) is 5.41 Å². The first-order chi connectivity index (χ1) is 8.69. The van der Waals surface area contributed by atoms with Crippen molar-refractivity contribution >= 4 is 0 Å². The van der Waals surface area contributed by atoms with Crippen LogP contribution in [-0.4, -0.2) is 0 Å². The third-order valence-corrected chi connectivity index (χ3v) is 4.49. The molecule has 1 aliphatic rings. The highest BCUT2D eigenvalue weighted by Gasteiger charge is 2.36. The number of unbranched alkanes of at least 4 members (excludes halogenated alkanes) is 1. The van der Waals surface area contributed by atoms with E-state index in [1.54, 1.807) is 0 Å². The summed E-state index contributed by atoms with van der Waals surface area (Å²) in [5, 5.41) is 0. The molecule has 0 radical (unpaired) electrons. The fourth-order valence-electron chi connectivity index (χ4n) is 3.03. The number of benzene rings is 1. The molecule has 1 aromatic rings. The Morgan fingerprint density at radius 3 is 2.56 bits per heavy atom. The Hall–Kier alpha value is -1.30. The topological polar surface area (TPSA) is 0 Å². The first-order valence-corrected chi connectivity index (χ1v) is 7.10.